The molecule has 2 nitrogen and oxygen atoms in total. The highest BCUT2D eigenvalue weighted by molar-refractivity contribution is 7.17. The maximum atomic E-state index is 9.55. The standard InChI is InChI=1S/C10H10O2S/c1-2-6-7-3-4-13-10(7)9(12)5-8(6)11/h3-5,11-12H,2H2,1H3. The zero-order valence-electron chi connectivity index (χ0n) is 7.24. The molecule has 2 N–H and O–H groups in total. The fourth-order valence-electron chi connectivity index (χ4n) is 1.54. The molecule has 1 aromatic carbocycles. The van der Waals surface area contributed by atoms with Crippen LogP contribution in [-0.2, 0) is 6.42 Å². The first-order chi connectivity index (χ1) is 6.24. The second kappa shape index (κ2) is 2.92. The highest BCUT2D eigenvalue weighted by Crippen LogP contribution is 2.37. The van der Waals surface area contributed by atoms with Crippen LogP contribution in [0.3, 0.4) is 0 Å². The predicted octanol–water partition coefficient (Wildman–Crippen LogP) is 2.87. The summed E-state index contributed by atoms with van der Waals surface area (Å²) in [5, 5.41) is 21.9. The van der Waals surface area contributed by atoms with Gasteiger partial charge < -0.3 is 10.2 Å². The number of aryl methyl sites for hydroxylation is 1. The van der Waals surface area contributed by atoms with Gasteiger partial charge in [0.25, 0.3) is 0 Å². The second-order valence-corrected chi connectivity index (χ2v) is 3.83. The summed E-state index contributed by atoms with van der Waals surface area (Å²) < 4.78 is 0.856. The number of thiophene rings is 1. The van der Waals surface area contributed by atoms with E-state index in [4.69, 9.17) is 0 Å². The minimum atomic E-state index is 0.166. The molecule has 2 aromatic rings. The average Bonchev–Trinajstić information content (AvgIpc) is 2.53. The van der Waals surface area contributed by atoms with Crippen molar-refractivity contribution in [3.05, 3.63) is 23.1 Å². The van der Waals surface area contributed by atoms with E-state index >= 15 is 0 Å². The van der Waals surface area contributed by atoms with Gasteiger partial charge in [-0.3, -0.25) is 0 Å². The summed E-state index contributed by atoms with van der Waals surface area (Å²) in [4.78, 5) is 0. The highest BCUT2D eigenvalue weighted by atomic mass is 32.1. The van der Waals surface area contributed by atoms with E-state index in [0.717, 1.165) is 22.1 Å². The molecule has 68 valence electrons. The quantitative estimate of drug-likeness (QED) is 0.732. The number of aromatic hydroxyl groups is 2. The Bertz CT molecular complexity index is 445. The Morgan fingerprint density at radius 3 is 2.77 bits per heavy atom. The van der Waals surface area contributed by atoms with Crippen LogP contribution in [0, 0.1) is 0 Å². The van der Waals surface area contributed by atoms with Gasteiger partial charge in [0.15, 0.2) is 0 Å². The largest absolute Gasteiger partial charge is 0.508 e. The first-order valence-corrected chi connectivity index (χ1v) is 5.03. The van der Waals surface area contributed by atoms with E-state index in [-0.39, 0.29) is 11.5 Å². The summed E-state index contributed by atoms with van der Waals surface area (Å²) in [5.41, 5.74) is 0.911. The summed E-state index contributed by atoms with van der Waals surface area (Å²) in [6.45, 7) is 1.99. The van der Waals surface area contributed by atoms with Gasteiger partial charge in [0.05, 0.1) is 4.70 Å². The lowest BCUT2D eigenvalue weighted by Gasteiger charge is -2.04. The zero-order valence-corrected chi connectivity index (χ0v) is 8.06. The number of benzene rings is 1. The Balaban J connectivity index is 2.88. The van der Waals surface area contributed by atoms with E-state index in [1.165, 1.54) is 17.4 Å². The SMILES string of the molecule is CCc1c(O)cc(O)c2sccc12. The van der Waals surface area contributed by atoms with Crippen molar-refractivity contribution in [2.24, 2.45) is 0 Å². The highest BCUT2D eigenvalue weighted by Gasteiger charge is 2.10. The van der Waals surface area contributed by atoms with Gasteiger partial charge >= 0.3 is 0 Å². The molecule has 0 radical (unpaired) electrons. The summed E-state index contributed by atoms with van der Waals surface area (Å²) in [5.74, 6) is 0.352. The van der Waals surface area contributed by atoms with Crippen molar-refractivity contribution in [1.82, 2.24) is 0 Å². The number of fused-ring (bicyclic) bond motifs is 1. The summed E-state index contributed by atoms with van der Waals surface area (Å²) in [6.07, 6.45) is 0.777. The molecule has 0 spiro atoms. The predicted molar refractivity (Wildman–Crippen MR) is 54.5 cm³/mol. The molecule has 0 amide bonds. The summed E-state index contributed by atoms with van der Waals surface area (Å²) in [7, 11) is 0. The smallest absolute Gasteiger partial charge is 0.137 e. The van der Waals surface area contributed by atoms with E-state index in [2.05, 4.69) is 0 Å². The molecule has 3 heteroatoms. The van der Waals surface area contributed by atoms with Crippen LogP contribution in [0.25, 0.3) is 10.1 Å². The second-order valence-electron chi connectivity index (χ2n) is 2.91. The van der Waals surface area contributed by atoms with Crippen molar-refractivity contribution in [3.8, 4) is 11.5 Å². The molecule has 0 saturated heterocycles. The molecule has 0 saturated carbocycles. The Morgan fingerprint density at radius 1 is 1.31 bits per heavy atom. The van der Waals surface area contributed by atoms with Crippen molar-refractivity contribution in [2.45, 2.75) is 13.3 Å². The molecule has 2 rings (SSSR count). The van der Waals surface area contributed by atoms with Gasteiger partial charge in [-0.2, -0.15) is 0 Å². The normalized spacial score (nSPS) is 10.8. The molecule has 1 heterocycles. The number of rotatable bonds is 1. The molecular weight excluding hydrogens is 184 g/mol. The average molecular weight is 194 g/mol. The van der Waals surface area contributed by atoms with Crippen LogP contribution in [0.4, 0.5) is 0 Å². The van der Waals surface area contributed by atoms with Crippen molar-refractivity contribution in [1.29, 1.82) is 0 Å². The van der Waals surface area contributed by atoms with Crippen LogP contribution in [0.15, 0.2) is 17.5 Å². The molecule has 0 bridgehead atoms. The Kier molecular flexibility index (Phi) is 1.88. The lowest BCUT2D eigenvalue weighted by atomic mass is 10.1. The number of hydrogen-bond donors (Lipinski definition) is 2. The topological polar surface area (TPSA) is 40.5 Å². The minimum absolute atomic E-state index is 0.166. The van der Waals surface area contributed by atoms with Crippen molar-refractivity contribution >= 4 is 21.4 Å². The molecular formula is C10H10O2S. The lowest BCUT2D eigenvalue weighted by Crippen LogP contribution is -1.82. The van der Waals surface area contributed by atoms with Crippen LogP contribution in [0.5, 0.6) is 11.5 Å². The zero-order chi connectivity index (χ0) is 9.42. The van der Waals surface area contributed by atoms with Crippen molar-refractivity contribution in [3.63, 3.8) is 0 Å². The fourth-order valence-corrected chi connectivity index (χ4v) is 2.38. The summed E-state index contributed by atoms with van der Waals surface area (Å²) in [6, 6.07) is 3.34. The maximum absolute atomic E-state index is 9.55. The number of phenolic OH excluding ortho intramolecular Hbond substituents is 2. The van der Waals surface area contributed by atoms with Crippen molar-refractivity contribution < 1.29 is 10.2 Å². The number of phenols is 2. The minimum Gasteiger partial charge on any atom is -0.508 e. The lowest BCUT2D eigenvalue weighted by molar-refractivity contribution is 0.451. The van der Waals surface area contributed by atoms with Gasteiger partial charge in [0.2, 0.25) is 0 Å². The van der Waals surface area contributed by atoms with E-state index in [1.807, 2.05) is 18.4 Å². The Hall–Kier alpha value is -1.22. The van der Waals surface area contributed by atoms with Crippen molar-refractivity contribution in [2.75, 3.05) is 0 Å². The van der Waals surface area contributed by atoms with E-state index in [9.17, 15) is 10.2 Å². The van der Waals surface area contributed by atoms with Gasteiger partial charge in [-0.15, -0.1) is 11.3 Å². The van der Waals surface area contributed by atoms with Crippen LogP contribution >= 0.6 is 11.3 Å². The van der Waals surface area contributed by atoms with Crippen LogP contribution in [0.2, 0.25) is 0 Å². The van der Waals surface area contributed by atoms with Gasteiger partial charge in [0, 0.05) is 17.0 Å². The van der Waals surface area contributed by atoms with E-state index in [1.54, 1.807) is 0 Å². The first-order valence-electron chi connectivity index (χ1n) is 4.15. The van der Waals surface area contributed by atoms with E-state index < -0.39 is 0 Å². The third-order valence-corrected chi connectivity index (χ3v) is 3.10. The van der Waals surface area contributed by atoms with Crippen LogP contribution in [0.1, 0.15) is 12.5 Å². The molecule has 0 aliphatic heterocycles. The summed E-state index contributed by atoms with van der Waals surface area (Å²) >= 11 is 1.49. The first kappa shape index (κ1) is 8.38. The molecule has 1 aromatic heterocycles. The van der Waals surface area contributed by atoms with Gasteiger partial charge in [-0.05, 0) is 17.9 Å². The van der Waals surface area contributed by atoms with Crippen LogP contribution in [-0.4, -0.2) is 10.2 Å². The van der Waals surface area contributed by atoms with Crippen LogP contribution < -0.4 is 0 Å². The van der Waals surface area contributed by atoms with Gasteiger partial charge in [-0.1, -0.05) is 6.92 Å². The molecule has 0 aliphatic carbocycles. The van der Waals surface area contributed by atoms with Gasteiger partial charge in [0.1, 0.15) is 11.5 Å². The molecule has 0 unspecified atom stereocenters. The molecule has 0 aliphatic rings. The third-order valence-electron chi connectivity index (χ3n) is 2.16. The Morgan fingerprint density at radius 2 is 2.08 bits per heavy atom. The molecule has 0 fully saturated rings. The molecule has 0 atom stereocenters. The molecule has 13 heavy (non-hydrogen) atoms. The third kappa shape index (κ3) is 1.16. The fraction of sp³-hybridized carbons (Fsp3) is 0.200. The van der Waals surface area contributed by atoms with Gasteiger partial charge in [-0.25, -0.2) is 0 Å². The van der Waals surface area contributed by atoms with E-state index in [0.29, 0.717) is 0 Å². The Labute approximate surface area is 80.1 Å². The monoisotopic (exact) mass is 194 g/mol. The number of hydrogen-bond acceptors (Lipinski definition) is 3. The maximum Gasteiger partial charge on any atom is 0.137 e.